The van der Waals surface area contributed by atoms with Crippen LogP contribution in [0.25, 0.3) is 0 Å². The number of hydrogen-bond donors (Lipinski definition) is 5. The molecule has 15 nitrogen and oxygen atoms in total. The maximum atomic E-state index is 12.2. The normalized spacial score (nSPS) is 15.6. The van der Waals surface area contributed by atoms with Crippen LogP contribution in [0.4, 0.5) is 0 Å². The van der Waals surface area contributed by atoms with Gasteiger partial charge < -0.3 is 34.6 Å². The average molecular weight is 1010 g/mol. The number of phosphoric ester groups is 2. The first-order chi connectivity index (χ1) is 32.8. The fourth-order valence-corrected chi connectivity index (χ4v) is 7.82. The first-order valence-corrected chi connectivity index (χ1v) is 28.3. The largest absolute Gasteiger partial charge is 0.472 e. The minimum Gasteiger partial charge on any atom is -0.463 e. The SMILES string of the molecule is CC/C=C\C/C=C\C/C=C\C/C=C\C/C=C\CCCCCCCC(=O)OCC(O)COP(=O)(O)OCC(O)COP(=O)(O)OCC(O)COC(=O)CCCCCCCCC/C=C\CCCCCC. The number of unbranched alkanes of at least 4 members (excludes halogenated alkanes) is 16. The van der Waals surface area contributed by atoms with E-state index in [4.69, 9.17) is 9.47 Å². The predicted molar refractivity (Wildman–Crippen MR) is 270 cm³/mol. The monoisotopic (exact) mass is 1000 g/mol. The zero-order chi connectivity index (χ0) is 50.2. The Hall–Kier alpha value is -2.52. The van der Waals surface area contributed by atoms with Crippen LogP contribution in [-0.4, -0.2) is 95.0 Å². The van der Waals surface area contributed by atoms with Crippen molar-refractivity contribution in [3.05, 3.63) is 72.9 Å². The molecule has 0 spiro atoms. The third-order valence-electron chi connectivity index (χ3n) is 10.1. The van der Waals surface area contributed by atoms with Gasteiger partial charge in [-0.3, -0.25) is 27.7 Å². The van der Waals surface area contributed by atoms with Crippen LogP contribution in [-0.2, 0) is 46.3 Å². The lowest BCUT2D eigenvalue weighted by Crippen LogP contribution is -2.25. The van der Waals surface area contributed by atoms with Gasteiger partial charge in [0.25, 0.3) is 0 Å². The number of ether oxygens (including phenoxy) is 2. The Labute approximate surface area is 409 Å². The van der Waals surface area contributed by atoms with E-state index in [0.717, 1.165) is 96.3 Å². The molecule has 5 N–H and O–H groups in total. The topological polar surface area (TPSA) is 225 Å². The van der Waals surface area contributed by atoms with Crippen LogP contribution in [0.3, 0.4) is 0 Å². The highest BCUT2D eigenvalue weighted by molar-refractivity contribution is 7.47. The maximum absolute atomic E-state index is 12.2. The number of aliphatic hydroxyl groups excluding tert-OH is 3. The van der Waals surface area contributed by atoms with Gasteiger partial charge in [0.1, 0.15) is 31.5 Å². The summed E-state index contributed by atoms with van der Waals surface area (Å²) in [4.78, 5) is 43.8. The molecule has 0 radical (unpaired) electrons. The molecule has 5 atom stereocenters. The molecule has 0 saturated carbocycles. The Morgan fingerprint density at radius 2 is 0.676 bits per heavy atom. The first-order valence-electron chi connectivity index (χ1n) is 25.3. The number of carbonyl (C=O) groups excluding carboxylic acids is 2. The third kappa shape index (κ3) is 48.5. The van der Waals surface area contributed by atoms with Crippen molar-refractivity contribution in [1.29, 1.82) is 0 Å². The molecule has 0 amide bonds. The van der Waals surface area contributed by atoms with Gasteiger partial charge in [0.2, 0.25) is 0 Å². The summed E-state index contributed by atoms with van der Waals surface area (Å²) >= 11 is 0. The second-order valence-corrected chi connectivity index (χ2v) is 19.7. The van der Waals surface area contributed by atoms with Gasteiger partial charge in [0.15, 0.2) is 0 Å². The highest BCUT2D eigenvalue weighted by Gasteiger charge is 2.28. The predicted octanol–water partition coefficient (Wildman–Crippen LogP) is 11.9. The zero-order valence-electron chi connectivity index (χ0n) is 41.5. The standard InChI is InChI=1S/C51H90O15P2/c1-3-5-7-9-11-13-15-17-19-20-21-22-23-24-26-28-30-32-34-36-38-40-51(56)62-42-48(53)44-64-68(59,60)66-46-49(54)45-65-67(57,58)63-43-47(52)41-61-50(55)39-37-35-33-31-29-27-25-18-16-14-12-10-8-6-4-2/h5,7,11,13-14,16-17,19,21-22,24,26,47-49,52-54H,3-4,6,8-10,12,15,18,20,23,25,27-46H2,1-2H3,(H,57,58)(H,59,60)/b7-5-,13-11-,16-14-,19-17-,22-21-,26-24-. The molecule has 0 aliphatic heterocycles. The summed E-state index contributed by atoms with van der Waals surface area (Å²) in [5.74, 6) is -1.02. The van der Waals surface area contributed by atoms with Crippen LogP contribution in [0.15, 0.2) is 72.9 Å². The van der Waals surface area contributed by atoms with E-state index >= 15 is 0 Å². The van der Waals surface area contributed by atoms with Crippen LogP contribution in [0.5, 0.6) is 0 Å². The van der Waals surface area contributed by atoms with Crippen molar-refractivity contribution < 1.29 is 71.4 Å². The van der Waals surface area contributed by atoms with Crippen molar-refractivity contribution in [1.82, 2.24) is 0 Å². The van der Waals surface area contributed by atoms with Gasteiger partial charge in [0, 0.05) is 12.8 Å². The molecule has 0 aliphatic carbocycles. The maximum Gasteiger partial charge on any atom is 0.472 e. The molecular weight excluding hydrogens is 914 g/mol. The number of rotatable bonds is 48. The summed E-state index contributed by atoms with van der Waals surface area (Å²) in [5.41, 5.74) is 0. The van der Waals surface area contributed by atoms with Gasteiger partial charge >= 0.3 is 27.6 Å². The second kappa shape index (κ2) is 46.8. The fraction of sp³-hybridized carbons (Fsp3) is 0.725. The summed E-state index contributed by atoms with van der Waals surface area (Å²) < 4.78 is 53.0. The van der Waals surface area contributed by atoms with Crippen molar-refractivity contribution in [3.63, 3.8) is 0 Å². The number of esters is 2. The van der Waals surface area contributed by atoms with E-state index in [1.165, 1.54) is 44.9 Å². The lowest BCUT2D eigenvalue weighted by Gasteiger charge is -2.19. The smallest absolute Gasteiger partial charge is 0.463 e. The zero-order valence-corrected chi connectivity index (χ0v) is 43.3. The summed E-state index contributed by atoms with van der Waals surface area (Å²) in [7, 11) is -9.59. The minimum absolute atomic E-state index is 0.171. The third-order valence-corrected chi connectivity index (χ3v) is 12.0. The number of hydrogen-bond acceptors (Lipinski definition) is 13. The van der Waals surface area contributed by atoms with E-state index in [9.17, 15) is 43.8 Å². The number of allylic oxidation sites excluding steroid dienone is 12. The molecule has 68 heavy (non-hydrogen) atoms. The van der Waals surface area contributed by atoms with Crippen molar-refractivity contribution >= 4 is 27.6 Å². The first kappa shape index (κ1) is 65.5. The van der Waals surface area contributed by atoms with E-state index in [2.05, 4.69) is 105 Å². The van der Waals surface area contributed by atoms with Gasteiger partial charge in [-0.05, 0) is 83.5 Å². The molecule has 0 fully saturated rings. The van der Waals surface area contributed by atoms with Gasteiger partial charge in [-0.25, -0.2) is 9.13 Å². The van der Waals surface area contributed by atoms with Gasteiger partial charge in [0.05, 0.1) is 26.4 Å². The van der Waals surface area contributed by atoms with Gasteiger partial charge in [-0.1, -0.05) is 157 Å². The molecule has 0 aromatic carbocycles. The van der Waals surface area contributed by atoms with Crippen LogP contribution >= 0.6 is 15.6 Å². The summed E-state index contributed by atoms with van der Waals surface area (Å²) in [5, 5.41) is 30.1. The second-order valence-electron chi connectivity index (χ2n) is 16.8. The van der Waals surface area contributed by atoms with E-state index in [1.54, 1.807) is 0 Å². The van der Waals surface area contributed by atoms with Crippen molar-refractivity contribution in [2.75, 3.05) is 39.6 Å². The number of aliphatic hydroxyl groups is 3. The number of phosphoric acid groups is 2. The molecule has 0 aliphatic rings. The highest BCUT2D eigenvalue weighted by Crippen LogP contribution is 2.45. The van der Waals surface area contributed by atoms with Crippen LogP contribution in [0.1, 0.15) is 181 Å². The molecule has 0 rings (SSSR count). The molecule has 17 heteroatoms. The molecule has 0 aromatic heterocycles. The van der Waals surface area contributed by atoms with Crippen LogP contribution < -0.4 is 0 Å². The molecular formula is C51H90O15P2. The fourth-order valence-electron chi connectivity index (χ4n) is 6.23. The van der Waals surface area contributed by atoms with E-state index in [-0.39, 0.29) is 12.8 Å². The summed E-state index contributed by atoms with van der Waals surface area (Å²) in [6, 6.07) is 0. The molecule has 0 saturated heterocycles. The van der Waals surface area contributed by atoms with Crippen LogP contribution in [0, 0.1) is 0 Å². The molecule has 394 valence electrons. The average Bonchev–Trinajstić information content (AvgIpc) is 3.31. The summed E-state index contributed by atoms with van der Waals surface area (Å²) in [6.45, 7) is 0.263. The van der Waals surface area contributed by atoms with Gasteiger partial charge in [-0.15, -0.1) is 0 Å². The Kier molecular flexibility index (Phi) is 45.1. The van der Waals surface area contributed by atoms with Crippen molar-refractivity contribution in [2.45, 2.75) is 199 Å². The Morgan fingerprint density at radius 1 is 0.397 bits per heavy atom. The summed E-state index contributed by atoms with van der Waals surface area (Å²) in [6.07, 6.45) is 47.4. The molecule has 0 bridgehead atoms. The molecule has 5 unspecified atom stereocenters. The molecule has 0 aromatic rings. The molecule has 0 heterocycles. The lowest BCUT2D eigenvalue weighted by atomic mass is 10.1. The Bertz CT molecular complexity index is 1500. The van der Waals surface area contributed by atoms with E-state index in [0.29, 0.717) is 12.8 Å². The van der Waals surface area contributed by atoms with Crippen molar-refractivity contribution in [3.8, 4) is 0 Å². The highest BCUT2D eigenvalue weighted by atomic mass is 31.2. The van der Waals surface area contributed by atoms with E-state index in [1.807, 2.05) is 0 Å². The van der Waals surface area contributed by atoms with Gasteiger partial charge in [-0.2, -0.15) is 0 Å². The minimum atomic E-state index is -4.80. The van der Waals surface area contributed by atoms with E-state index < -0.39 is 85.5 Å². The van der Waals surface area contributed by atoms with Crippen LogP contribution in [0.2, 0.25) is 0 Å². The Balaban J connectivity index is 3.90. The lowest BCUT2D eigenvalue weighted by molar-refractivity contribution is -0.148. The quantitative estimate of drug-likeness (QED) is 0.0165. The Morgan fingerprint density at radius 3 is 1.03 bits per heavy atom. The van der Waals surface area contributed by atoms with Crippen molar-refractivity contribution in [2.24, 2.45) is 0 Å². The number of carbonyl (C=O) groups is 2.